The second-order valence-electron chi connectivity index (χ2n) is 3.46. The fraction of sp³-hybridized carbons (Fsp3) is 0.333. The Balaban J connectivity index is 2.37. The molecule has 1 aromatic carbocycles. The zero-order chi connectivity index (χ0) is 11.1. The van der Waals surface area contributed by atoms with E-state index in [0.717, 1.165) is 24.7 Å². The number of carbonyl (C=O) groups is 2. The fourth-order valence-corrected chi connectivity index (χ4v) is 1.43. The summed E-state index contributed by atoms with van der Waals surface area (Å²) in [5.74, 6) is -0.753. The number of hydrogen-bond acceptors (Lipinski definition) is 2. The summed E-state index contributed by atoms with van der Waals surface area (Å²) in [7, 11) is 0. The summed E-state index contributed by atoms with van der Waals surface area (Å²) in [5.41, 5.74) is 1.76. The Kier molecular flexibility index (Phi) is 4.54. The van der Waals surface area contributed by atoms with Crippen LogP contribution >= 0.6 is 0 Å². The summed E-state index contributed by atoms with van der Waals surface area (Å²) in [6.07, 6.45) is 3.39. The highest BCUT2D eigenvalue weighted by molar-refractivity contribution is 5.74. The van der Waals surface area contributed by atoms with Crippen molar-refractivity contribution in [3.05, 3.63) is 35.4 Å². The number of carboxylic acids is 1. The average molecular weight is 206 g/mol. The van der Waals surface area contributed by atoms with Crippen molar-refractivity contribution in [1.29, 1.82) is 0 Å². The monoisotopic (exact) mass is 206 g/mol. The van der Waals surface area contributed by atoms with Gasteiger partial charge in [0.05, 0.1) is 0 Å². The van der Waals surface area contributed by atoms with E-state index in [1.54, 1.807) is 6.07 Å². The molecule has 0 spiro atoms. The van der Waals surface area contributed by atoms with Gasteiger partial charge in [0.15, 0.2) is 0 Å². The molecule has 15 heavy (non-hydrogen) atoms. The molecule has 0 atom stereocenters. The average Bonchev–Trinajstić information content (AvgIpc) is 2.24. The summed E-state index contributed by atoms with van der Waals surface area (Å²) in [5, 5.41) is 8.45. The van der Waals surface area contributed by atoms with E-state index < -0.39 is 5.97 Å². The maximum absolute atomic E-state index is 10.5. The molecule has 0 aliphatic rings. The SMILES string of the molecule is O=Cc1cccc(CCCCC(=O)O)c1. The molecule has 0 aliphatic carbocycles. The first kappa shape index (κ1) is 11.4. The lowest BCUT2D eigenvalue weighted by molar-refractivity contribution is -0.137. The lowest BCUT2D eigenvalue weighted by atomic mass is 10.0. The second kappa shape index (κ2) is 5.96. The van der Waals surface area contributed by atoms with Crippen LogP contribution in [0.2, 0.25) is 0 Å². The van der Waals surface area contributed by atoms with E-state index >= 15 is 0 Å². The second-order valence-corrected chi connectivity index (χ2v) is 3.46. The summed E-state index contributed by atoms with van der Waals surface area (Å²) in [4.78, 5) is 20.8. The molecule has 3 nitrogen and oxygen atoms in total. The molecule has 0 heterocycles. The highest BCUT2D eigenvalue weighted by atomic mass is 16.4. The van der Waals surface area contributed by atoms with E-state index in [2.05, 4.69) is 0 Å². The maximum Gasteiger partial charge on any atom is 0.303 e. The minimum atomic E-state index is -0.753. The Morgan fingerprint density at radius 2 is 2.13 bits per heavy atom. The summed E-state index contributed by atoms with van der Waals surface area (Å²) in [6.45, 7) is 0. The Morgan fingerprint density at radius 3 is 2.80 bits per heavy atom. The third kappa shape index (κ3) is 4.40. The molecule has 0 aromatic heterocycles. The first-order valence-electron chi connectivity index (χ1n) is 4.98. The van der Waals surface area contributed by atoms with Crippen LogP contribution in [-0.2, 0) is 11.2 Å². The molecule has 0 bridgehead atoms. The number of carbonyl (C=O) groups excluding carboxylic acids is 1. The van der Waals surface area contributed by atoms with Gasteiger partial charge in [0.1, 0.15) is 6.29 Å². The van der Waals surface area contributed by atoms with Gasteiger partial charge in [-0.1, -0.05) is 18.2 Å². The largest absolute Gasteiger partial charge is 0.481 e. The van der Waals surface area contributed by atoms with Crippen molar-refractivity contribution in [1.82, 2.24) is 0 Å². The Hall–Kier alpha value is -1.64. The summed E-state index contributed by atoms with van der Waals surface area (Å²) < 4.78 is 0. The molecule has 1 rings (SSSR count). The fourth-order valence-electron chi connectivity index (χ4n) is 1.43. The van der Waals surface area contributed by atoms with E-state index in [9.17, 15) is 9.59 Å². The number of benzene rings is 1. The molecular formula is C12H14O3. The highest BCUT2D eigenvalue weighted by Gasteiger charge is 1.98. The van der Waals surface area contributed by atoms with Crippen LogP contribution in [-0.4, -0.2) is 17.4 Å². The van der Waals surface area contributed by atoms with Crippen LogP contribution < -0.4 is 0 Å². The van der Waals surface area contributed by atoms with Crippen molar-refractivity contribution in [2.45, 2.75) is 25.7 Å². The Morgan fingerprint density at radius 1 is 1.33 bits per heavy atom. The van der Waals surface area contributed by atoms with Gasteiger partial charge in [-0.2, -0.15) is 0 Å². The highest BCUT2D eigenvalue weighted by Crippen LogP contribution is 2.08. The maximum atomic E-state index is 10.5. The number of rotatable bonds is 6. The van der Waals surface area contributed by atoms with Gasteiger partial charge in [0, 0.05) is 12.0 Å². The van der Waals surface area contributed by atoms with Crippen LogP contribution in [0, 0.1) is 0 Å². The molecule has 0 amide bonds. The van der Waals surface area contributed by atoms with Crippen LogP contribution in [0.1, 0.15) is 35.2 Å². The van der Waals surface area contributed by atoms with Crippen LogP contribution in [0.25, 0.3) is 0 Å². The van der Waals surface area contributed by atoms with E-state index in [-0.39, 0.29) is 6.42 Å². The molecule has 0 saturated heterocycles. The number of unbranched alkanes of at least 4 members (excludes halogenated alkanes) is 1. The van der Waals surface area contributed by atoms with E-state index in [1.165, 1.54) is 0 Å². The van der Waals surface area contributed by atoms with Crippen molar-refractivity contribution in [2.75, 3.05) is 0 Å². The van der Waals surface area contributed by atoms with Crippen molar-refractivity contribution in [3.63, 3.8) is 0 Å². The van der Waals surface area contributed by atoms with Gasteiger partial charge in [-0.05, 0) is 30.9 Å². The molecule has 0 aliphatic heterocycles. The Bertz CT molecular complexity index is 344. The third-order valence-electron chi connectivity index (χ3n) is 2.19. The minimum absolute atomic E-state index is 0.216. The summed E-state index contributed by atoms with van der Waals surface area (Å²) in [6, 6.07) is 7.39. The van der Waals surface area contributed by atoms with Gasteiger partial charge in [-0.3, -0.25) is 9.59 Å². The number of aryl methyl sites for hydroxylation is 1. The first-order valence-corrected chi connectivity index (χ1v) is 4.98. The van der Waals surface area contributed by atoms with Crippen molar-refractivity contribution < 1.29 is 14.7 Å². The quantitative estimate of drug-likeness (QED) is 0.574. The van der Waals surface area contributed by atoms with Crippen molar-refractivity contribution in [2.24, 2.45) is 0 Å². The smallest absolute Gasteiger partial charge is 0.303 e. The summed E-state index contributed by atoms with van der Waals surface area (Å²) >= 11 is 0. The van der Waals surface area contributed by atoms with Gasteiger partial charge >= 0.3 is 5.97 Å². The zero-order valence-electron chi connectivity index (χ0n) is 8.48. The molecule has 0 fully saturated rings. The van der Waals surface area contributed by atoms with E-state index in [0.29, 0.717) is 12.0 Å². The predicted molar refractivity (Wildman–Crippen MR) is 57.0 cm³/mol. The molecule has 1 aromatic rings. The number of carboxylic acid groups (broad SMARTS) is 1. The van der Waals surface area contributed by atoms with Gasteiger partial charge in [0.25, 0.3) is 0 Å². The van der Waals surface area contributed by atoms with Crippen LogP contribution in [0.5, 0.6) is 0 Å². The molecule has 0 unspecified atom stereocenters. The number of aliphatic carboxylic acids is 1. The number of hydrogen-bond donors (Lipinski definition) is 1. The molecular weight excluding hydrogens is 192 g/mol. The van der Waals surface area contributed by atoms with E-state index in [1.807, 2.05) is 18.2 Å². The van der Waals surface area contributed by atoms with Crippen molar-refractivity contribution in [3.8, 4) is 0 Å². The topological polar surface area (TPSA) is 54.4 Å². The molecule has 80 valence electrons. The number of aldehydes is 1. The van der Waals surface area contributed by atoms with E-state index in [4.69, 9.17) is 5.11 Å². The lowest BCUT2D eigenvalue weighted by Crippen LogP contribution is -1.95. The van der Waals surface area contributed by atoms with Gasteiger partial charge in [0.2, 0.25) is 0 Å². The molecule has 0 radical (unpaired) electrons. The zero-order valence-corrected chi connectivity index (χ0v) is 8.48. The van der Waals surface area contributed by atoms with Crippen LogP contribution in [0.15, 0.2) is 24.3 Å². The third-order valence-corrected chi connectivity index (χ3v) is 2.19. The lowest BCUT2D eigenvalue weighted by Gasteiger charge is -2.00. The predicted octanol–water partition coefficient (Wildman–Crippen LogP) is 2.30. The van der Waals surface area contributed by atoms with Gasteiger partial charge in [-0.25, -0.2) is 0 Å². The molecule has 0 saturated carbocycles. The van der Waals surface area contributed by atoms with Crippen molar-refractivity contribution >= 4 is 12.3 Å². The van der Waals surface area contributed by atoms with Gasteiger partial charge in [-0.15, -0.1) is 0 Å². The van der Waals surface area contributed by atoms with Crippen LogP contribution in [0.3, 0.4) is 0 Å². The molecule has 3 heteroatoms. The van der Waals surface area contributed by atoms with Crippen LogP contribution in [0.4, 0.5) is 0 Å². The van der Waals surface area contributed by atoms with Gasteiger partial charge < -0.3 is 5.11 Å². The normalized spacial score (nSPS) is 9.87. The Labute approximate surface area is 88.7 Å². The minimum Gasteiger partial charge on any atom is -0.481 e. The molecule has 1 N–H and O–H groups in total. The first-order chi connectivity index (χ1) is 7.22. The standard InChI is InChI=1S/C12H14O3/c13-9-11-6-3-5-10(8-11)4-1-2-7-12(14)15/h3,5-6,8-9H,1-2,4,7H2,(H,14,15).